The second-order valence-electron chi connectivity index (χ2n) is 4.93. The highest BCUT2D eigenvalue weighted by Crippen LogP contribution is 2.31. The smallest absolute Gasteiger partial charge is 0.398 e. The van der Waals surface area contributed by atoms with Crippen LogP contribution in [0.25, 0.3) is 0 Å². The van der Waals surface area contributed by atoms with Crippen molar-refractivity contribution in [3.63, 3.8) is 0 Å². The van der Waals surface area contributed by atoms with Crippen LogP contribution in [-0.2, 0) is 14.0 Å². The largest absolute Gasteiger partial charge is 0.495 e. The number of methoxy groups -OCH3 is 1. The van der Waals surface area contributed by atoms with Crippen molar-refractivity contribution in [3.05, 3.63) is 51.6 Å². The lowest BCUT2D eigenvalue weighted by atomic mass is 9.75. The maximum absolute atomic E-state index is 6.09. The van der Waals surface area contributed by atoms with Crippen LogP contribution in [0.4, 0.5) is 0 Å². The molecule has 0 saturated carbocycles. The number of halogens is 1. The average molecular weight is 382 g/mol. The highest BCUT2D eigenvalue weighted by Gasteiger charge is 2.42. The third-order valence-electron chi connectivity index (χ3n) is 3.72. The summed E-state index contributed by atoms with van der Waals surface area (Å²) in [6.07, 6.45) is 6.18. The van der Waals surface area contributed by atoms with Gasteiger partial charge in [-0.1, -0.05) is 42.5 Å². The fraction of sp³-hybridized carbons (Fsp3) is 0.333. The predicted octanol–water partition coefficient (Wildman–Crippen LogP) is 2.76. The first-order chi connectivity index (χ1) is 9.70. The molecule has 1 aromatic rings. The van der Waals surface area contributed by atoms with Gasteiger partial charge in [0.1, 0.15) is 6.10 Å². The van der Waals surface area contributed by atoms with Gasteiger partial charge in [-0.25, -0.2) is 0 Å². The molecule has 0 radical (unpaired) electrons. The SMILES string of the molecule is CO[C@H](C)c1ccccc1B1O[C@H]2C=CC=C(I)[C@H]2O1. The average Bonchev–Trinajstić information content (AvgIpc) is 2.92. The molecule has 0 aromatic heterocycles. The van der Waals surface area contributed by atoms with Crippen LogP contribution in [0.2, 0.25) is 0 Å². The molecule has 104 valence electrons. The van der Waals surface area contributed by atoms with Crippen molar-refractivity contribution in [2.75, 3.05) is 7.11 Å². The Labute approximate surface area is 133 Å². The predicted molar refractivity (Wildman–Crippen MR) is 88.2 cm³/mol. The molecule has 1 aromatic carbocycles. The topological polar surface area (TPSA) is 27.7 Å². The van der Waals surface area contributed by atoms with Crippen molar-refractivity contribution >= 4 is 35.2 Å². The molecule has 0 spiro atoms. The zero-order valence-corrected chi connectivity index (χ0v) is 13.6. The van der Waals surface area contributed by atoms with E-state index in [9.17, 15) is 0 Å². The minimum atomic E-state index is -0.334. The number of hydrogen-bond acceptors (Lipinski definition) is 3. The second-order valence-corrected chi connectivity index (χ2v) is 6.18. The molecule has 20 heavy (non-hydrogen) atoms. The lowest BCUT2D eigenvalue weighted by molar-refractivity contribution is 0.120. The van der Waals surface area contributed by atoms with Gasteiger partial charge in [0, 0.05) is 10.7 Å². The zero-order valence-electron chi connectivity index (χ0n) is 11.5. The summed E-state index contributed by atoms with van der Waals surface area (Å²) in [6.45, 7) is 2.03. The van der Waals surface area contributed by atoms with Gasteiger partial charge in [-0.05, 0) is 40.5 Å². The van der Waals surface area contributed by atoms with Crippen LogP contribution in [0.15, 0.2) is 46.1 Å². The highest BCUT2D eigenvalue weighted by atomic mass is 127. The molecule has 0 unspecified atom stereocenters. The number of allylic oxidation sites excluding steroid dienone is 2. The molecule has 0 bridgehead atoms. The number of ether oxygens (including phenoxy) is 1. The molecule has 3 atom stereocenters. The second kappa shape index (κ2) is 6.01. The highest BCUT2D eigenvalue weighted by molar-refractivity contribution is 14.1. The molecule has 0 N–H and O–H groups in total. The van der Waals surface area contributed by atoms with Crippen LogP contribution < -0.4 is 5.46 Å². The maximum Gasteiger partial charge on any atom is 0.495 e. The third kappa shape index (κ3) is 2.59. The van der Waals surface area contributed by atoms with Gasteiger partial charge in [0.25, 0.3) is 0 Å². The normalized spacial score (nSPS) is 26.4. The molecule has 5 heteroatoms. The van der Waals surface area contributed by atoms with Crippen LogP contribution in [0.1, 0.15) is 18.6 Å². The summed E-state index contributed by atoms with van der Waals surface area (Å²) >= 11 is 2.31. The number of benzene rings is 1. The summed E-state index contributed by atoms with van der Waals surface area (Å²) < 4.78 is 18.8. The Balaban J connectivity index is 1.88. The van der Waals surface area contributed by atoms with Gasteiger partial charge in [-0.15, -0.1) is 0 Å². The van der Waals surface area contributed by atoms with Crippen molar-refractivity contribution in [2.45, 2.75) is 25.2 Å². The molecular formula is C15H16BIO3. The van der Waals surface area contributed by atoms with Gasteiger partial charge in [0.05, 0.1) is 12.2 Å². The van der Waals surface area contributed by atoms with Crippen LogP contribution in [0.3, 0.4) is 0 Å². The van der Waals surface area contributed by atoms with Gasteiger partial charge in [-0.3, -0.25) is 0 Å². The quantitative estimate of drug-likeness (QED) is 0.595. The van der Waals surface area contributed by atoms with E-state index in [1.807, 2.05) is 31.2 Å². The number of hydrogen-bond donors (Lipinski definition) is 0. The van der Waals surface area contributed by atoms with Gasteiger partial charge < -0.3 is 14.0 Å². The van der Waals surface area contributed by atoms with Gasteiger partial charge in [0.15, 0.2) is 0 Å². The van der Waals surface area contributed by atoms with E-state index in [-0.39, 0.29) is 25.4 Å². The molecule has 3 nitrogen and oxygen atoms in total. The molecule has 2 aliphatic rings. The van der Waals surface area contributed by atoms with Gasteiger partial charge in [-0.2, -0.15) is 0 Å². The van der Waals surface area contributed by atoms with E-state index < -0.39 is 0 Å². The van der Waals surface area contributed by atoms with Crippen molar-refractivity contribution in [2.24, 2.45) is 0 Å². The molecule has 1 fully saturated rings. The molecule has 1 heterocycles. The Morgan fingerprint density at radius 3 is 2.85 bits per heavy atom. The van der Waals surface area contributed by atoms with Gasteiger partial charge in [0.2, 0.25) is 0 Å². The van der Waals surface area contributed by atoms with E-state index in [1.54, 1.807) is 7.11 Å². The molecule has 1 aliphatic heterocycles. The molecule has 1 saturated heterocycles. The zero-order chi connectivity index (χ0) is 14.1. The lowest BCUT2D eigenvalue weighted by Crippen LogP contribution is -2.36. The fourth-order valence-corrected chi connectivity index (χ4v) is 3.25. The number of fused-ring (bicyclic) bond motifs is 1. The van der Waals surface area contributed by atoms with Crippen molar-refractivity contribution in [3.8, 4) is 0 Å². The molecule has 1 aliphatic carbocycles. The maximum atomic E-state index is 6.09. The fourth-order valence-electron chi connectivity index (χ4n) is 2.55. The van der Waals surface area contributed by atoms with Crippen molar-refractivity contribution in [1.82, 2.24) is 0 Å². The summed E-state index contributed by atoms with van der Waals surface area (Å²) in [5.74, 6) is 0. The molecular weight excluding hydrogens is 366 g/mol. The van der Waals surface area contributed by atoms with Gasteiger partial charge >= 0.3 is 7.12 Å². The summed E-state index contributed by atoms with van der Waals surface area (Å²) in [4.78, 5) is 0. The van der Waals surface area contributed by atoms with E-state index in [1.165, 1.54) is 3.58 Å². The molecule has 0 amide bonds. The van der Waals surface area contributed by atoms with Crippen LogP contribution in [-0.4, -0.2) is 26.4 Å². The lowest BCUT2D eigenvalue weighted by Gasteiger charge is -2.17. The van der Waals surface area contributed by atoms with E-state index in [0.29, 0.717) is 0 Å². The van der Waals surface area contributed by atoms with Crippen molar-refractivity contribution in [1.29, 1.82) is 0 Å². The molecule has 3 rings (SSSR count). The van der Waals surface area contributed by atoms with E-state index in [2.05, 4.69) is 40.8 Å². The summed E-state index contributed by atoms with van der Waals surface area (Å²) in [7, 11) is 1.38. The Morgan fingerprint density at radius 2 is 2.10 bits per heavy atom. The van der Waals surface area contributed by atoms with Crippen LogP contribution in [0.5, 0.6) is 0 Å². The minimum absolute atomic E-state index is 0.00260. The monoisotopic (exact) mass is 382 g/mol. The van der Waals surface area contributed by atoms with E-state index in [4.69, 9.17) is 14.0 Å². The van der Waals surface area contributed by atoms with E-state index >= 15 is 0 Å². The number of rotatable bonds is 3. The van der Waals surface area contributed by atoms with Crippen LogP contribution >= 0.6 is 22.6 Å². The Bertz CT molecular complexity index is 558. The minimum Gasteiger partial charge on any atom is -0.398 e. The van der Waals surface area contributed by atoms with E-state index in [0.717, 1.165) is 11.0 Å². The summed E-state index contributed by atoms with van der Waals surface area (Å²) in [5.41, 5.74) is 2.16. The Kier molecular flexibility index (Phi) is 4.30. The van der Waals surface area contributed by atoms with Crippen molar-refractivity contribution < 1.29 is 14.0 Å². The first kappa shape index (κ1) is 14.3. The Hall–Kier alpha value is -0.625. The Morgan fingerprint density at radius 1 is 1.30 bits per heavy atom. The van der Waals surface area contributed by atoms with Crippen LogP contribution in [0, 0.1) is 0 Å². The third-order valence-corrected chi connectivity index (χ3v) is 4.69. The first-order valence-electron chi connectivity index (χ1n) is 6.67. The first-order valence-corrected chi connectivity index (χ1v) is 7.75. The summed E-state index contributed by atoms with van der Waals surface area (Å²) in [5, 5.41) is 0. The standard InChI is InChI=1S/C15H16BIO3/c1-10(18-2)11-6-3-4-7-12(11)16-19-14-9-5-8-13(17)15(14)20-16/h3-10,14-15H,1-2H3/t10-,14+,15-/m1/s1. The summed E-state index contributed by atoms with van der Waals surface area (Å²) in [6, 6.07) is 8.13.